The van der Waals surface area contributed by atoms with E-state index in [9.17, 15) is 9.90 Å². The predicted octanol–water partition coefficient (Wildman–Crippen LogP) is -0.295. The van der Waals surface area contributed by atoms with Gasteiger partial charge in [0.1, 0.15) is 6.10 Å². The van der Waals surface area contributed by atoms with Gasteiger partial charge in [0.25, 0.3) is 0 Å². The Hall–Kier alpha value is -0.450. The van der Waals surface area contributed by atoms with E-state index in [1.165, 1.54) is 0 Å². The van der Waals surface area contributed by atoms with Crippen LogP contribution < -0.4 is 5.32 Å². The Kier molecular flexibility index (Phi) is 3.41. The van der Waals surface area contributed by atoms with Crippen molar-refractivity contribution < 1.29 is 14.6 Å². The minimum atomic E-state index is -0.933. The molecule has 0 saturated carbocycles. The van der Waals surface area contributed by atoms with Crippen molar-refractivity contribution in [2.75, 3.05) is 19.7 Å². The average molecular weight is 187 g/mol. The molecule has 0 spiro atoms. The largest absolute Gasteiger partial charge is 0.390 e. The molecule has 1 saturated heterocycles. The summed E-state index contributed by atoms with van der Waals surface area (Å²) < 4.78 is 5.26. The maximum Gasteiger partial charge on any atom is 0.165 e. The van der Waals surface area contributed by atoms with Crippen molar-refractivity contribution in [2.45, 2.75) is 32.0 Å². The molecule has 13 heavy (non-hydrogen) atoms. The number of hydrogen-bond donors (Lipinski definition) is 2. The fourth-order valence-electron chi connectivity index (χ4n) is 1.31. The third-order valence-corrected chi connectivity index (χ3v) is 1.89. The van der Waals surface area contributed by atoms with E-state index >= 15 is 0 Å². The third kappa shape index (κ3) is 3.85. The molecule has 0 aromatic carbocycles. The van der Waals surface area contributed by atoms with Gasteiger partial charge in [-0.05, 0) is 13.8 Å². The number of aliphatic hydroxyl groups is 1. The number of Topliss-reactive ketones (excluding diaryl/α,β-unsaturated/α-hetero) is 1. The number of rotatable bonds is 3. The number of nitrogens with one attached hydrogen (secondary N) is 1. The minimum Gasteiger partial charge on any atom is -0.390 e. The van der Waals surface area contributed by atoms with Gasteiger partial charge in [-0.3, -0.25) is 4.79 Å². The molecule has 4 heteroatoms. The molecule has 2 N–H and O–H groups in total. The van der Waals surface area contributed by atoms with Crippen LogP contribution in [0.5, 0.6) is 0 Å². The molecule has 1 unspecified atom stereocenters. The molecule has 1 aliphatic rings. The maximum atomic E-state index is 11.5. The van der Waals surface area contributed by atoms with E-state index in [1.807, 2.05) is 0 Å². The van der Waals surface area contributed by atoms with Gasteiger partial charge in [0.15, 0.2) is 5.78 Å². The molecule has 0 aromatic heterocycles. The smallest absolute Gasteiger partial charge is 0.165 e. The highest BCUT2D eigenvalue weighted by Crippen LogP contribution is 2.11. The van der Waals surface area contributed by atoms with Crippen LogP contribution in [-0.2, 0) is 9.53 Å². The molecule has 0 bridgehead atoms. The first-order valence-corrected chi connectivity index (χ1v) is 4.56. The SMILES string of the molecule is CC(C)(O)CC(=O)C1CNCCO1. The zero-order chi connectivity index (χ0) is 9.90. The van der Waals surface area contributed by atoms with Gasteiger partial charge >= 0.3 is 0 Å². The van der Waals surface area contributed by atoms with Crippen molar-refractivity contribution >= 4 is 5.78 Å². The monoisotopic (exact) mass is 187 g/mol. The van der Waals surface area contributed by atoms with Crippen LogP contribution in [0.2, 0.25) is 0 Å². The van der Waals surface area contributed by atoms with Crippen molar-refractivity contribution in [2.24, 2.45) is 0 Å². The molecule has 1 aliphatic heterocycles. The molecular weight excluding hydrogens is 170 g/mol. The maximum absolute atomic E-state index is 11.5. The van der Waals surface area contributed by atoms with Crippen LogP contribution in [0, 0.1) is 0 Å². The number of hydrogen-bond acceptors (Lipinski definition) is 4. The van der Waals surface area contributed by atoms with E-state index < -0.39 is 5.60 Å². The average Bonchev–Trinajstić information content (AvgIpc) is 2.03. The van der Waals surface area contributed by atoms with Crippen LogP contribution in [0.3, 0.4) is 0 Å². The normalized spacial score (nSPS) is 24.4. The second-order valence-electron chi connectivity index (χ2n) is 4.02. The lowest BCUT2D eigenvalue weighted by Crippen LogP contribution is -2.44. The standard InChI is InChI=1S/C9H17NO3/c1-9(2,12)5-7(11)8-6-10-3-4-13-8/h8,10,12H,3-6H2,1-2H3. The van der Waals surface area contributed by atoms with E-state index in [-0.39, 0.29) is 18.3 Å². The zero-order valence-electron chi connectivity index (χ0n) is 8.17. The Labute approximate surface area is 78.3 Å². The number of morpholine rings is 1. The zero-order valence-corrected chi connectivity index (χ0v) is 8.17. The van der Waals surface area contributed by atoms with Crippen LogP contribution >= 0.6 is 0 Å². The summed E-state index contributed by atoms with van der Waals surface area (Å²) in [6.07, 6.45) is -0.223. The first-order chi connectivity index (χ1) is 5.99. The molecule has 0 aromatic rings. The number of carbonyl (C=O) groups is 1. The highest BCUT2D eigenvalue weighted by molar-refractivity contribution is 5.84. The van der Waals surface area contributed by atoms with Gasteiger partial charge in [-0.25, -0.2) is 0 Å². The summed E-state index contributed by atoms with van der Waals surface area (Å²) in [6.45, 7) is 5.19. The Bertz CT molecular complexity index is 180. The predicted molar refractivity (Wildman–Crippen MR) is 48.5 cm³/mol. The first-order valence-electron chi connectivity index (χ1n) is 4.56. The van der Waals surface area contributed by atoms with Crippen LogP contribution in [0.15, 0.2) is 0 Å². The van der Waals surface area contributed by atoms with Crippen molar-refractivity contribution in [3.8, 4) is 0 Å². The number of ether oxygens (including phenoxy) is 1. The minimum absolute atomic E-state index is 0.0281. The second-order valence-corrected chi connectivity index (χ2v) is 4.02. The van der Waals surface area contributed by atoms with Gasteiger partial charge in [0, 0.05) is 19.5 Å². The van der Waals surface area contributed by atoms with Crippen LogP contribution in [-0.4, -0.2) is 42.3 Å². The highest BCUT2D eigenvalue weighted by atomic mass is 16.5. The summed E-state index contributed by atoms with van der Waals surface area (Å²) in [5.74, 6) is -0.0281. The molecular formula is C9H17NO3. The molecule has 1 fully saturated rings. The second kappa shape index (κ2) is 4.17. The molecule has 1 heterocycles. The summed E-state index contributed by atoms with van der Waals surface area (Å²) >= 11 is 0. The van der Waals surface area contributed by atoms with E-state index in [4.69, 9.17) is 4.74 Å². The van der Waals surface area contributed by atoms with Gasteiger partial charge in [-0.1, -0.05) is 0 Å². The van der Waals surface area contributed by atoms with Gasteiger partial charge in [-0.15, -0.1) is 0 Å². The van der Waals surface area contributed by atoms with Crippen LogP contribution in [0.25, 0.3) is 0 Å². The molecule has 1 rings (SSSR count). The lowest BCUT2D eigenvalue weighted by Gasteiger charge is -2.25. The summed E-state index contributed by atoms with van der Waals surface area (Å²) in [7, 11) is 0. The van der Waals surface area contributed by atoms with Crippen LogP contribution in [0.4, 0.5) is 0 Å². The number of carbonyl (C=O) groups excluding carboxylic acids is 1. The fourth-order valence-corrected chi connectivity index (χ4v) is 1.31. The topological polar surface area (TPSA) is 58.6 Å². The summed E-state index contributed by atoms with van der Waals surface area (Å²) in [5, 5.41) is 12.5. The molecule has 0 radical (unpaired) electrons. The van der Waals surface area contributed by atoms with Gasteiger partial charge in [0.05, 0.1) is 12.2 Å². The van der Waals surface area contributed by atoms with E-state index in [0.29, 0.717) is 13.2 Å². The van der Waals surface area contributed by atoms with Crippen molar-refractivity contribution in [3.63, 3.8) is 0 Å². The summed E-state index contributed by atoms with van der Waals surface area (Å²) in [6, 6.07) is 0. The Morgan fingerprint density at radius 1 is 1.69 bits per heavy atom. The lowest BCUT2D eigenvalue weighted by molar-refractivity contribution is -0.135. The van der Waals surface area contributed by atoms with Gasteiger partial charge in [0.2, 0.25) is 0 Å². The quantitative estimate of drug-likeness (QED) is 0.637. The number of ketones is 1. The Morgan fingerprint density at radius 3 is 2.85 bits per heavy atom. The van der Waals surface area contributed by atoms with E-state index in [2.05, 4.69) is 5.32 Å². The van der Waals surface area contributed by atoms with E-state index in [0.717, 1.165) is 6.54 Å². The molecule has 0 amide bonds. The molecule has 76 valence electrons. The van der Waals surface area contributed by atoms with Crippen molar-refractivity contribution in [1.82, 2.24) is 5.32 Å². The van der Waals surface area contributed by atoms with Crippen molar-refractivity contribution in [3.05, 3.63) is 0 Å². The third-order valence-electron chi connectivity index (χ3n) is 1.89. The highest BCUT2D eigenvalue weighted by Gasteiger charge is 2.26. The van der Waals surface area contributed by atoms with Gasteiger partial charge < -0.3 is 15.2 Å². The first kappa shape index (κ1) is 10.6. The molecule has 4 nitrogen and oxygen atoms in total. The molecule has 0 aliphatic carbocycles. The lowest BCUT2D eigenvalue weighted by atomic mass is 9.99. The van der Waals surface area contributed by atoms with Crippen molar-refractivity contribution in [1.29, 1.82) is 0 Å². The van der Waals surface area contributed by atoms with E-state index in [1.54, 1.807) is 13.8 Å². The molecule has 1 atom stereocenters. The fraction of sp³-hybridized carbons (Fsp3) is 0.889. The summed E-state index contributed by atoms with van der Waals surface area (Å²) in [4.78, 5) is 11.5. The van der Waals surface area contributed by atoms with Crippen LogP contribution in [0.1, 0.15) is 20.3 Å². The van der Waals surface area contributed by atoms with Gasteiger partial charge in [-0.2, -0.15) is 0 Å². The summed E-state index contributed by atoms with van der Waals surface area (Å²) in [5.41, 5.74) is -0.933. The Balaban J connectivity index is 2.38. The Morgan fingerprint density at radius 2 is 2.38 bits per heavy atom.